The minimum atomic E-state index is -1.02. The van der Waals surface area contributed by atoms with Gasteiger partial charge in [-0.1, -0.05) is 11.6 Å². The number of hydrogen-bond donors (Lipinski definition) is 1. The summed E-state index contributed by atoms with van der Waals surface area (Å²) < 4.78 is 5.17. The van der Waals surface area contributed by atoms with Gasteiger partial charge in [0.2, 0.25) is 0 Å². The standard InChI is InChI=1S/C14H16ClNO4/c1-8-3-9(5-10(15)4-8)13(17)16-7-11(20-2)6-12(16)14(18)19/h3-5,11-12H,6-7H2,1-2H3,(H,18,19). The average Bonchev–Trinajstić information content (AvgIpc) is 2.81. The summed E-state index contributed by atoms with van der Waals surface area (Å²) in [5, 5.41) is 9.69. The van der Waals surface area contributed by atoms with Crippen molar-refractivity contribution < 1.29 is 19.4 Å². The molecule has 0 spiro atoms. The van der Waals surface area contributed by atoms with Crippen LogP contribution in [0.25, 0.3) is 0 Å². The van der Waals surface area contributed by atoms with Gasteiger partial charge in [-0.05, 0) is 30.7 Å². The third-order valence-corrected chi connectivity index (χ3v) is 3.65. The number of hydrogen-bond acceptors (Lipinski definition) is 3. The number of carbonyl (C=O) groups excluding carboxylic acids is 1. The number of rotatable bonds is 3. The van der Waals surface area contributed by atoms with E-state index in [1.165, 1.54) is 12.0 Å². The van der Waals surface area contributed by atoms with Gasteiger partial charge in [-0.15, -0.1) is 0 Å². The second-order valence-electron chi connectivity index (χ2n) is 4.92. The van der Waals surface area contributed by atoms with Crippen molar-refractivity contribution in [2.24, 2.45) is 0 Å². The van der Waals surface area contributed by atoms with Crippen LogP contribution in [-0.2, 0) is 9.53 Å². The van der Waals surface area contributed by atoms with Crippen LogP contribution in [0, 0.1) is 6.92 Å². The minimum absolute atomic E-state index is 0.250. The molecule has 2 atom stereocenters. The maximum atomic E-state index is 12.5. The van der Waals surface area contributed by atoms with Gasteiger partial charge in [0.1, 0.15) is 6.04 Å². The normalized spacial score (nSPS) is 22.1. The van der Waals surface area contributed by atoms with E-state index in [0.29, 0.717) is 17.0 Å². The summed E-state index contributed by atoms with van der Waals surface area (Å²) in [6, 6.07) is 4.14. The number of benzene rings is 1. The summed E-state index contributed by atoms with van der Waals surface area (Å²) in [6.07, 6.45) is 0.0530. The van der Waals surface area contributed by atoms with E-state index in [2.05, 4.69) is 0 Å². The fourth-order valence-electron chi connectivity index (χ4n) is 2.45. The number of carboxylic acid groups (broad SMARTS) is 1. The average molecular weight is 298 g/mol. The van der Waals surface area contributed by atoms with Gasteiger partial charge < -0.3 is 14.7 Å². The minimum Gasteiger partial charge on any atom is -0.480 e. The van der Waals surface area contributed by atoms with Crippen LogP contribution in [0.5, 0.6) is 0 Å². The molecule has 2 rings (SSSR count). The maximum absolute atomic E-state index is 12.5. The van der Waals surface area contributed by atoms with Gasteiger partial charge in [-0.3, -0.25) is 4.79 Å². The summed E-state index contributed by atoms with van der Waals surface area (Å²) >= 11 is 5.94. The van der Waals surface area contributed by atoms with Crippen molar-refractivity contribution in [3.8, 4) is 0 Å². The lowest BCUT2D eigenvalue weighted by atomic mass is 10.1. The van der Waals surface area contributed by atoms with Crippen LogP contribution in [0.4, 0.5) is 0 Å². The van der Waals surface area contributed by atoms with Crippen molar-refractivity contribution in [3.05, 3.63) is 34.3 Å². The van der Waals surface area contributed by atoms with Gasteiger partial charge >= 0.3 is 5.97 Å². The molecule has 2 unspecified atom stereocenters. The van der Waals surface area contributed by atoms with Gasteiger partial charge in [0, 0.05) is 30.7 Å². The Morgan fingerprint density at radius 2 is 2.10 bits per heavy atom. The van der Waals surface area contributed by atoms with Crippen LogP contribution in [0.3, 0.4) is 0 Å². The monoisotopic (exact) mass is 297 g/mol. The molecule has 1 amide bonds. The zero-order chi connectivity index (χ0) is 14.9. The Kier molecular flexibility index (Phi) is 4.30. The highest BCUT2D eigenvalue weighted by Gasteiger charge is 2.40. The number of halogens is 1. The molecule has 0 saturated carbocycles. The van der Waals surface area contributed by atoms with Gasteiger partial charge in [0.05, 0.1) is 6.10 Å². The first-order valence-electron chi connectivity index (χ1n) is 6.26. The highest BCUT2D eigenvalue weighted by Crippen LogP contribution is 2.24. The summed E-state index contributed by atoms with van der Waals surface area (Å²) in [5.74, 6) is -1.35. The molecule has 1 saturated heterocycles. The van der Waals surface area contributed by atoms with Crippen LogP contribution in [0.1, 0.15) is 22.3 Å². The highest BCUT2D eigenvalue weighted by atomic mass is 35.5. The summed E-state index contributed by atoms with van der Waals surface area (Å²) in [5.41, 5.74) is 1.26. The number of nitrogens with zero attached hydrogens (tertiary/aromatic N) is 1. The zero-order valence-corrected chi connectivity index (χ0v) is 12.1. The van der Waals surface area contributed by atoms with E-state index in [1.54, 1.807) is 18.2 Å². The Morgan fingerprint density at radius 1 is 1.40 bits per heavy atom. The number of carboxylic acids is 1. The van der Waals surface area contributed by atoms with Crippen molar-refractivity contribution in [2.75, 3.05) is 13.7 Å². The first-order chi connectivity index (χ1) is 9.42. The second kappa shape index (κ2) is 5.81. The molecule has 1 aliphatic rings. The molecule has 1 aromatic rings. The third kappa shape index (κ3) is 2.94. The predicted molar refractivity (Wildman–Crippen MR) is 74.1 cm³/mol. The molecule has 1 aliphatic heterocycles. The summed E-state index contributed by atoms with van der Waals surface area (Å²) in [4.78, 5) is 25.1. The number of amides is 1. The van der Waals surface area contributed by atoms with Gasteiger partial charge in [0.15, 0.2) is 0 Å². The highest BCUT2D eigenvalue weighted by molar-refractivity contribution is 6.31. The van der Waals surface area contributed by atoms with Crippen molar-refractivity contribution in [1.29, 1.82) is 0 Å². The van der Waals surface area contributed by atoms with E-state index in [1.807, 2.05) is 6.92 Å². The molecule has 0 aliphatic carbocycles. The summed E-state index contributed by atoms with van der Waals surface area (Å²) in [7, 11) is 1.51. The Hall–Kier alpha value is -1.59. The van der Waals surface area contributed by atoms with E-state index in [0.717, 1.165) is 5.56 Å². The molecule has 0 aromatic heterocycles. The Morgan fingerprint density at radius 3 is 2.65 bits per heavy atom. The molecular weight excluding hydrogens is 282 g/mol. The number of carbonyl (C=O) groups is 2. The van der Waals surface area contributed by atoms with Crippen LogP contribution in [0.2, 0.25) is 5.02 Å². The molecule has 1 N–H and O–H groups in total. The van der Waals surface area contributed by atoms with Crippen molar-refractivity contribution in [1.82, 2.24) is 4.90 Å². The van der Waals surface area contributed by atoms with E-state index >= 15 is 0 Å². The van der Waals surface area contributed by atoms with Crippen molar-refractivity contribution >= 4 is 23.5 Å². The van der Waals surface area contributed by atoms with E-state index < -0.39 is 12.0 Å². The second-order valence-corrected chi connectivity index (χ2v) is 5.36. The first kappa shape index (κ1) is 14.8. The predicted octanol–water partition coefficient (Wildman–Crippen LogP) is 1.96. The van der Waals surface area contributed by atoms with Crippen LogP contribution in [-0.4, -0.2) is 47.7 Å². The van der Waals surface area contributed by atoms with E-state index in [9.17, 15) is 14.7 Å². The Labute approximate surface area is 122 Å². The number of likely N-dealkylation sites (tertiary alicyclic amines) is 1. The van der Waals surface area contributed by atoms with Crippen LogP contribution < -0.4 is 0 Å². The molecule has 1 fully saturated rings. The zero-order valence-electron chi connectivity index (χ0n) is 11.3. The summed E-state index contributed by atoms with van der Waals surface area (Å²) in [6.45, 7) is 2.11. The molecule has 0 radical (unpaired) electrons. The van der Waals surface area contributed by atoms with Crippen molar-refractivity contribution in [3.63, 3.8) is 0 Å². The molecule has 20 heavy (non-hydrogen) atoms. The van der Waals surface area contributed by atoms with Crippen LogP contribution >= 0.6 is 11.6 Å². The molecular formula is C14H16ClNO4. The number of ether oxygens (including phenoxy) is 1. The largest absolute Gasteiger partial charge is 0.480 e. The number of aryl methyl sites for hydroxylation is 1. The fourth-order valence-corrected chi connectivity index (χ4v) is 2.74. The number of methoxy groups -OCH3 is 1. The van der Waals surface area contributed by atoms with Gasteiger partial charge in [0.25, 0.3) is 5.91 Å². The topological polar surface area (TPSA) is 66.8 Å². The molecule has 0 bridgehead atoms. The van der Waals surface area contributed by atoms with Gasteiger partial charge in [-0.25, -0.2) is 4.79 Å². The van der Waals surface area contributed by atoms with Crippen LogP contribution in [0.15, 0.2) is 18.2 Å². The fraction of sp³-hybridized carbons (Fsp3) is 0.429. The lowest BCUT2D eigenvalue weighted by Gasteiger charge is -2.21. The molecule has 5 nitrogen and oxygen atoms in total. The SMILES string of the molecule is COC1CC(C(=O)O)N(C(=O)c2cc(C)cc(Cl)c2)C1. The van der Waals surface area contributed by atoms with E-state index in [-0.39, 0.29) is 18.6 Å². The molecule has 108 valence electrons. The Balaban J connectivity index is 2.28. The maximum Gasteiger partial charge on any atom is 0.326 e. The number of aliphatic carboxylic acids is 1. The molecule has 1 heterocycles. The van der Waals surface area contributed by atoms with Gasteiger partial charge in [-0.2, -0.15) is 0 Å². The first-order valence-corrected chi connectivity index (χ1v) is 6.64. The lowest BCUT2D eigenvalue weighted by Crippen LogP contribution is -2.40. The molecule has 6 heteroatoms. The van der Waals surface area contributed by atoms with Crippen molar-refractivity contribution in [2.45, 2.75) is 25.5 Å². The van der Waals surface area contributed by atoms with E-state index in [4.69, 9.17) is 16.3 Å². The Bertz CT molecular complexity index is 526. The quantitative estimate of drug-likeness (QED) is 0.926. The lowest BCUT2D eigenvalue weighted by molar-refractivity contribution is -0.141. The third-order valence-electron chi connectivity index (χ3n) is 3.43. The smallest absolute Gasteiger partial charge is 0.326 e. The molecule has 1 aromatic carbocycles.